The number of aliphatic hydroxyl groups is 3. The minimum Gasteiger partial charge on any atom is -0.394 e. The van der Waals surface area contributed by atoms with Crippen LogP contribution in [0.25, 0.3) is 11.2 Å². The van der Waals surface area contributed by atoms with E-state index in [1.54, 1.807) is 0 Å². The Morgan fingerprint density at radius 2 is 1.69 bits per heavy atom. The van der Waals surface area contributed by atoms with Crippen LogP contribution in [0.15, 0.2) is 6.33 Å². The SMILES string of the molecule is OC[C@H]1O[C@@H](n2cnc3c(C(F)(F)F)nc(C(F)(F)F)nc32)C(O)[C@@H]1O. The number of aliphatic hydroxyl groups excluding tert-OH is 3. The highest BCUT2D eigenvalue weighted by Crippen LogP contribution is 2.37. The molecule has 0 aromatic carbocycles. The molecule has 1 fully saturated rings. The zero-order valence-electron chi connectivity index (χ0n) is 12.4. The smallest absolute Gasteiger partial charge is 0.394 e. The highest BCUT2D eigenvalue weighted by molar-refractivity contribution is 5.74. The Labute approximate surface area is 139 Å². The summed E-state index contributed by atoms with van der Waals surface area (Å²) in [6.07, 6.45) is -16.1. The van der Waals surface area contributed by atoms with Crippen LogP contribution < -0.4 is 0 Å². The Bertz CT molecular complexity index is 822. The summed E-state index contributed by atoms with van der Waals surface area (Å²) < 4.78 is 83.5. The number of alkyl halides is 6. The zero-order valence-corrected chi connectivity index (χ0v) is 12.4. The van der Waals surface area contributed by atoms with Crippen molar-refractivity contribution in [3.63, 3.8) is 0 Å². The van der Waals surface area contributed by atoms with Crippen molar-refractivity contribution in [2.24, 2.45) is 0 Å². The summed E-state index contributed by atoms with van der Waals surface area (Å²) in [7, 11) is 0. The van der Waals surface area contributed by atoms with E-state index in [1.807, 2.05) is 0 Å². The molecule has 1 saturated heterocycles. The fourth-order valence-corrected chi connectivity index (χ4v) is 2.54. The summed E-state index contributed by atoms with van der Waals surface area (Å²) in [6, 6.07) is 0. The summed E-state index contributed by atoms with van der Waals surface area (Å²) in [5.41, 5.74) is -3.78. The fourth-order valence-electron chi connectivity index (χ4n) is 2.54. The van der Waals surface area contributed by atoms with Crippen LogP contribution in [0.5, 0.6) is 0 Å². The standard InChI is InChI=1S/C12H10F6N4O4/c13-11(14,15)7-4-8(21-10(20-7)12(16,17)18)22(2-19-4)9-6(25)5(24)3(1-23)26-9/h2-3,5-6,9,23-25H,1H2/t3-,5-,6?,9-/m1/s1. The molecule has 8 nitrogen and oxygen atoms in total. The molecule has 1 aliphatic heterocycles. The molecule has 0 amide bonds. The molecular weight excluding hydrogens is 378 g/mol. The molecule has 0 bridgehead atoms. The van der Waals surface area contributed by atoms with Gasteiger partial charge in [0.05, 0.1) is 12.9 Å². The maximum atomic E-state index is 13.1. The second-order valence-corrected chi connectivity index (χ2v) is 5.44. The summed E-state index contributed by atoms with van der Waals surface area (Å²) in [5.74, 6) is -2.05. The number of rotatable bonds is 2. The van der Waals surface area contributed by atoms with Crippen molar-refractivity contribution in [1.29, 1.82) is 0 Å². The number of fused-ring (bicyclic) bond motifs is 1. The van der Waals surface area contributed by atoms with Crippen molar-refractivity contribution in [1.82, 2.24) is 19.5 Å². The van der Waals surface area contributed by atoms with Crippen molar-refractivity contribution < 1.29 is 46.4 Å². The van der Waals surface area contributed by atoms with Gasteiger partial charge in [0, 0.05) is 0 Å². The molecule has 2 aromatic heterocycles. The highest BCUT2D eigenvalue weighted by atomic mass is 19.4. The quantitative estimate of drug-likeness (QED) is 0.641. The normalized spacial score (nSPS) is 27.4. The molecule has 0 radical (unpaired) electrons. The van der Waals surface area contributed by atoms with Gasteiger partial charge in [-0.1, -0.05) is 0 Å². The number of hydrogen-bond acceptors (Lipinski definition) is 7. The molecule has 4 atom stereocenters. The maximum absolute atomic E-state index is 13.1. The third-order valence-electron chi connectivity index (χ3n) is 3.73. The van der Waals surface area contributed by atoms with Gasteiger partial charge in [-0.2, -0.15) is 26.3 Å². The van der Waals surface area contributed by atoms with Crippen LogP contribution in [0.4, 0.5) is 26.3 Å². The fraction of sp³-hybridized carbons (Fsp3) is 0.583. The van der Waals surface area contributed by atoms with Crippen molar-refractivity contribution in [2.75, 3.05) is 6.61 Å². The lowest BCUT2D eigenvalue weighted by Gasteiger charge is -2.17. The van der Waals surface area contributed by atoms with Crippen LogP contribution in [0.1, 0.15) is 17.7 Å². The molecule has 3 heterocycles. The number of ether oxygens (including phenoxy) is 1. The van der Waals surface area contributed by atoms with Gasteiger partial charge in [-0.25, -0.2) is 15.0 Å². The van der Waals surface area contributed by atoms with Gasteiger partial charge in [-0.3, -0.25) is 4.57 Å². The summed E-state index contributed by atoms with van der Waals surface area (Å²) in [5, 5.41) is 28.7. The average Bonchev–Trinajstić information content (AvgIpc) is 3.07. The molecule has 1 aliphatic rings. The largest absolute Gasteiger partial charge is 0.451 e. The van der Waals surface area contributed by atoms with Gasteiger partial charge < -0.3 is 20.1 Å². The molecule has 144 valence electrons. The molecule has 26 heavy (non-hydrogen) atoms. The summed E-state index contributed by atoms with van der Waals surface area (Å²) >= 11 is 0. The third kappa shape index (κ3) is 2.98. The summed E-state index contributed by atoms with van der Waals surface area (Å²) in [4.78, 5) is 8.96. The first-order valence-electron chi connectivity index (χ1n) is 6.96. The Morgan fingerprint density at radius 1 is 1.04 bits per heavy atom. The van der Waals surface area contributed by atoms with Crippen LogP contribution >= 0.6 is 0 Å². The number of nitrogens with zero attached hydrogens (tertiary/aromatic N) is 4. The van der Waals surface area contributed by atoms with E-state index >= 15 is 0 Å². The minimum atomic E-state index is -5.27. The first-order valence-corrected chi connectivity index (χ1v) is 6.96. The highest BCUT2D eigenvalue weighted by Gasteiger charge is 2.46. The average molecular weight is 388 g/mol. The van der Waals surface area contributed by atoms with E-state index in [-0.39, 0.29) is 0 Å². The molecule has 0 saturated carbocycles. The predicted octanol–water partition coefficient (Wildman–Crippen LogP) is 0.475. The number of imidazole rings is 1. The Balaban J connectivity index is 2.20. The first-order chi connectivity index (χ1) is 11.9. The molecular formula is C12H10F6N4O4. The number of hydrogen-bond donors (Lipinski definition) is 3. The van der Waals surface area contributed by atoms with E-state index in [9.17, 15) is 36.6 Å². The van der Waals surface area contributed by atoms with Gasteiger partial charge in [0.1, 0.15) is 23.8 Å². The third-order valence-corrected chi connectivity index (χ3v) is 3.73. The van der Waals surface area contributed by atoms with Crippen molar-refractivity contribution >= 4 is 11.2 Å². The zero-order chi connectivity index (χ0) is 19.4. The Morgan fingerprint density at radius 3 is 2.19 bits per heavy atom. The van der Waals surface area contributed by atoms with E-state index in [2.05, 4.69) is 15.0 Å². The van der Waals surface area contributed by atoms with Gasteiger partial charge in [0.2, 0.25) is 5.82 Å². The first kappa shape index (κ1) is 18.8. The predicted molar refractivity (Wildman–Crippen MR) is 68.3 cm³/mol. The number of halogens is 6. The van der Waals surface area contributed by atoms with Crippen molar-refractivity contribution in [3.05, 3.63) is 17.8 Å². The van der Waals surface area contributed by atoms with Crippen LogP contribution in [0.2, 0.25) is 0 Å². The van der Waals surface area contributed by atoms with Crippen molar-refractivity contribution in [2.45, 2.75) is 36.9 Å². The van der Waals surface area contributed by atoms with Crippen LogP contribution in [-0.2, 0) is 17.1 Å². The Kier molecular flexibility index (Phi) is 4.33. The van der Waals surface area contributed by atoms with Gasteiger partial charge in [-0.05, 0) is 0 Å². The molecule has 2 aromatic rings. The maximum Gasteiger partial charge on any atom is 0.451 e. The molecule has 3 rings (SSSR count). The van der Waals surface area contributed by atoms with E-state index in [0.717, 1.165) is 0 Å². The summed E-state index contributed by atoms with van der Waals surface area (Å²) in [6.45, 7) is -0.738. The lowest BCUT2D eigenvalue weighted by atomic mass is 10.1. The molecule has 0 aliphatic carbocycles. The van der Waals surface area contributed by atoms with Gasteiger partial charge >= 0.3 is 12.4 Å². The molecule has 0 spiro atoms. The second kappa shape index (κ2) is 6.00. The molecule has 3 N–H and O–H groups in total. The Hall–Kier alpha value is -2.03. The van der Waals surface area contributed by atoms with Gasteiger partial charge in [0.15, 0.2) is 17.6 Å². The molecule has 14 heteroatoms. The van der Waals surface area contributed by atoms with Crippen LogP contribution in [-0.4, -0.2) is 59.8 Å². The van der Waals surface area contributed by atoms with E-state index < -0.39 is 66.2 Å². The van der Waals surface area contributed by atoms with Crippen LogP contribution in [0, 0.1) is 0 Å². The number of aromatic nitrogens is 4. The minimum absolute atomic E-state index is 0.616. The molecule has 1 unspecified atom stereocenters. The van der Waals surface area contributed by atoms with E-state index in [4.69, 9.17) is 9.84 Å². The van der Waals surface area contributed by atoms with E-state index in [1.165, 1.54) is 0 Å². The van der Waals surface area contributed by atoms with Gasteiger partial charge in [0.25, 0.3) is 0 Å². The van der Waals surface area contributed by atoms with Crippen LogP contribution in [0.3, 0.4) is 0 Å². The van der Waals surface area contributed by atoms with E-state index in [0.29, 0.717) is 10.9 Å². The lowest BCUT2D eigenvalue weighted by Crippen LogP contribution is -2.33. The monoisotopic (exact) mass is 388 g/mol. The topological polar surface area (TPSA) is 114 Å². The van der Waals surface area contributed by atoms with Crippen molar-refractivity contribution in [3.8, 4) is 0 Å². The second-order valence-electron chi connectivity index (χ2n) is 5.44. The lowest BCUT2D eigenvalue weighted by molar-refractivity contribution is -0.151. The van der Waals surface area contributed by atoms with Gasteiger partial charge in [-0.15, -0.1) is 0 Å².